The van der Waals surface area contributed by atoms with Crippen LogP contribution in [0.5, 0.6) is 0 Å². The van der Waals surface area contributed by atoms with Crippen LogP contribution < -0.4 is 0 Å². The highest BCUT2D eigenvalue weighted by molar-refractivity contribution is 7.47. The van der Waals surface area contributed by atoms with Gasteiger partial charge < -0.3 is 9.79 Å². The molecule has 0 rings (SSSR count). The standard InChI is InChI=1S/C29H60NO5P/c1-5-7-8-9-10-11-12-13-14-15-16-17-18-19-23-28(26-29(31)22-6-2)27-35-36(32,33)34-25-21-20-24-30(3)4/h28H,5-27H2,1-4H3,(H,32,33). The number of carbonyl (C=O) groups is 1. The molecule has 216 valence electrons. The Bertz CT molecular complexity index is 544. The third-order valence-corrected chi connectivity index (χ3v) is 7.72. The molecule has 0 radical (unpaired) electrons. The second kappa shape index (κ2) is 25.0. The highest BCUT2D eigenvalue weighted by Gasteiger charge is 2.24. The van der Waals surface area contributed by atoms with Crippen LogP contribution >= 0.6 is 7.82 Å². The Morgan fingerprint density at radius 3 is 1.78 bits per heavy atom. The van der Waals surface area contributed by atoms with Crippen molar-refractivity contribution in [3.8, 4) is 0 Å². The van der Waals surface area contributed by atoms with E-state index >= 15 is 0 Å². The van der Waals surface area contributed by atoms with E-state index < -0.39 is 7.82 Å². The fourth-order valence-corrected chi connectivity index (χ4v) is 5.36. The molecule has 36 heavy (non-hydrogen) atoms. The molecule has 0 amide bonds. The molecule has 0 fully saturated rings. The maximum absolute atomic E-state index is 12.2. The van der Waals surface area contributed by atoms with Crippen molar-refractivity contribution in [3.63, 3.8) is 0 Å². The van der Waals surface area contributed by atoms with Gasteiger partial charge in [0.2, 0.25) is 0 Å². The zero-order valence-corrected chi connectivity index (χ0v) is 25.2. The van der Waals surface area contributed by atoms with Gasteiger partial charge in [-0.25, -0.2) is 4.57 Å². The number of rotatable bonds is 28. The molecule has 7 heteroatoms. The van der Waals surface area contributed by atoms with Gasteiger partial charge in [-0.15, -0.1) is 0 Å². The summed E-state index contributed by atoms with van der Waals surface area (Å²) in [5.74, 6) is 0.202. The van der Waals surface area contributed by atoms with E-state index in [-0.39, 0.29) is 24.9 Å². The van der Waals surface area contributed by atoms with Crippen molar-refractivity contribution < 1.29 is 23.3 Å². The van der Waals surface area contributed by atoms with Gasteiger partial charge in [0.15, 0.2) is 0 Å². The average molecular weight is 534 g/mol. The lowest BCUT2D eigenvalue weighted by atomic mass is 9.94. The monoisotopic (exact) mass is 533 g/mol. The summed E-state index contributed by atoms with van der Waals surface area (Å²) in [6.07, 6.45) is 22.7. The normalized spacial score (nSPS) is 14.3. The van der Waals surface area contributed by atoms with Gasteiger partial charge in [0.25, 0.3) is 0 Å². The summed E-state index contributed by atoms with van der Waals surface area (Å²) < 4.78 is 22.7. The average Bonchev–Trinajstić information content (AvgIpc) is 2.82. The van der Waals surface area contributed by atoms with E-state index in [0.29, 0.717) is 19.3 Å². The Morgan fingerprint density at radius 1 is 0.750 bits per heavy atom. The van der Waals surface area contributed by atoms with E-state index in [1.54, 1.807) is 0 Å². The molecule has 0 aromatic heterocycles. The van der Waals surface area contributed by atoms with E-state index in [2.05, 4.69) is 11.8 Å². The molecule has 0 saturated heterocycles. The predicted molar refractivity (Wildman–Crippen MR) is 152 cm³/mol. The first-order chi connectivity index (χ1) is 17.3. The molecule has 0 aromatic rings. The van der Waals surface area contributed by atoms with Gasteiger partial charge in [-0.3, -0.25) is 13.8 Å². The van der Waals surface area contributed by atoms with Crippen LogP contribution in [-0.2, 0) is 18.4 Å². The van der Waals surface area contributed by atoms with Crippen LogP contribution in [0.3, 0.4) is 0 Å². The topological polar surface area (TPSA) is 76.1 Å². The second-order valence-corrected chi connectivity index (χ2v) is 12.3. The van der Waals surface area contributed by atoms with Crippen molar-refractivity contribution in [2.45, 2.75) is 142 Å². The van der Waals surface area contributed by atoms with Crippen LogP contribution in [0.1, 0.15) is 142 Å². The molecule has 0 aliphatic heterocycles. The SMILES string of the molecule is CCCCCCCCCCCCCCCCC(COP(=O)(O)OCCCCN(C)C)CC(=O)CCC. The van der Waals surface area contributed by atoms with E-state index in [1.165, 1.54) is 77.0 Å². The highest BCUT2D eigenvalue weighted by atomic mass is 31.2. The van der Waals surface area contributed by atoms with Crippen molar-refractivity contribution in [3.05, 3.63) is 0 Å². The number of phosphoric ester groups is 1. The first kappa shape index (κ1) is 35.7. The second-order valence-electron chi connectivity index (χ2n) is 10.9. The van der Waals surface area contributed by atoms with Crippen molar-refractivity contribution >= 4 is 13.6 Å². The van der Waals surface area contributed by atoms with Gasteiger partial charge in [-0.1, -0.05) is 104 Å². The fourth-order valence-electron chi connectivity index (χ4n) is 4.52. The van der Waals surface area contributed by atoms with Gasteiger partial charge in [0.1, 0.15) is 5.78 Å². The molecule has 1 N–H and O–H groups in total. The molecule has 0 bridgehead atoms. The highest BCUT2D eigenvalue weighted by Crippen LogP contribution is 2.44. The number of carbonyl (C=O) groups excluding carboxylic acids is 1. The Kier molecular flexibility index (Phi) is 24.9. The summed E-state index contributed by atoms with van der Waals surface area (Å²) in [6, 6.07) is 0. The number of hydrogen-bond acceptors (Lipinski definition) is 5. The number of ketones is 1. The maximum Gasteiger partial charge on any atom is 0.472 e. The predicted octanol–water partition coefficient (Wildman–Crippen LogP) is 8.71. The van der Waals surface area contributed by atoms with Crippen LogP contribution in [-0.4, -0.2) is 49.4 Å². The molecule has 0 heterocycles. The van der Waals surface area contributed by atoms with Crippen LogP contribution in [0.25, 0.3) is 0 Å². The third kappa shape index (κ3) is 25.4. The lowest BCUT2D eigenvalue weighted by Crippen LogP contribution is -2.15. The smallest absolute Gasteiger partial charge is 0.309 e. The van der Waals surface area contributed by atoms with Crippen molar-refractivity contribution in [2.75, 3.05) is 33.9 Å². The maximum atomic E-state index is 12.2. The van der Waals surface area contributed by atoms with Crippen LogP contribution in [0, 0.1) is 5.92 Å². The Labute approximate surface area is 223 Å². The third-order valence-electron chi connectivity index (χ3n) is 6.74. The van der Waals surface area contributed by atoms with E-state index in [0.717, 1.165) is 38.6 Å². The molecule has 2 atom stereocenters. The molecule has 6 nitrogen and oxygen atoms in total. The minimum atomic E-state index is -4.07. The molecule has 0 spiro atoms. The molecular weight excluding hydrogens is 473 g/mol. The number of phosphoric acid groups is 1. The number of Topliss-reactive ketones (excluding diaryl/α,β-unsaturated/α-hetero) is 1. The fraction of sp³-hybridized carbons (Fsp3) is 0.966. The summed E-state index contributed by atoms with van der Waals surface area (Å²) >= 11 is 0. The number of unbranched alkanes of at least 4 members (excludes halogenated alkanes) is 14. The molecule has 0 aliphatic carbocycles. The number of nitrogens with zero attached hydrogens (tertiary/aromatic N) is 1. The van der Waals surface area contributed by atoms with Gasteiger partial charge in [-0.05, 0) is 52.2 Å². The van der Waals surface area contributed by atoms with Gasteiger partial charge in [0.05, 0.1) is 13.2 Å². The number of hydrogen-bond donors (Lipinski definition) is 1. The lowest BCUT2D eigenvalue weighted by Gasteiger charge is -2.19. The van der Waals surface area contributed by atoms with Gasteiger partial charge in [0, 0.05) is 12.8 Å². The van der Waals surface area contributed by atoms with Gasteiger partial charge in [-0.2, -0.15) is 0 Å². The summed E-state index contributed by atoms with van der Waals surface area (Å²) in [4.78, 5) is 24.3. The minimum absolute atomic E-state index is 0.0146. The zero-order chi connectivity index (χ0) is 26.9. The van der Waals surface area contributed by atoms with Crippen molar-refractivity contribution in [2.24, 2.45) is 5.92 Å². The van der Waals surface area contributed by atoms with E-state index in [1.807, 2.05) is 21.0 Å². The Morgan fingerprint density at radius 2 is 1.28 bits per heavy atom. The van der Waals surface area contributed by atoms with E-state index in [9.17, 15) is 14.3 Å². The molecule has 0 saturated carbocycles. The summed E-state index contributed by atoms with van der Waals surface area (Å²) in [6.45, 7) is 5.51. The minimum Gasteiger partial charge on any atom is -0.309 e. The van der Waals surface area contributed by atoms with Crippen LogP contribution in [0.2, 0.25) is 0 Å². The van der Waals surface area contributed by atoms with Crippen molar-refractivity contribution in [1.82, 2.24) is 4.90 Å². The Balaban J connectivity index is 4.01. The first-order valence-electron chi connectivity index (χ1n) is 15.1. The van der Waals surface area contributed by atoms with Crippen LogP contribution in [0.4, 0.5) is 0 Å². The molecule has 0 aromatic carbocycles. The lowest BCUT2D eigenvalue weighted by molar-refractivity contribution is -0.120. The van der Waals surface area contributed by atoms with Crippen LogP contribution in [0.15, 0.2) is 0 Å². The first-order valence-corrected chi connectivity index (χ1v) is 16.6. The van der Waals surface area contributed by atoms with Gasteiger partial charge >= 0.3 is 7.82 Å². The quantitative estimate of drug-likeness (QED) is 0.0800. The summed E-state index contributed by atoms with van der Waals surface area (Å²) in [7, 11) is -0.0695. The van der Waals surface area contributed by atoms with Crippen molar-refractivity contribution in [1.29, 1.82) is 0 Å². The Hall–Kier alpha value is -0.260. The zero-order valence-electron chi connectivity index (χ0n) is 24.3. The largest absolute Gasteiger partial charge is 0.472 e. The summed E-state index contributed by atoms with van der Waals surface area (Å²) in [5.41, 5.74) is 0. The van der Waals surface area contributed by atoms with E-state index in [4.69, 9.17) is 9.05 Å². The molecular formula is C29H60NO5P. The summed E-state index contributed by atoms with van der Waals surface area (Å²) in [5, 5.41) is 0. The molecule has 2 unspecified atom stereocenters. The molecule has 0 aliphatic rings.